The quantitative estimate of drug-likeness (QED) is 0.113. The number of carboxylic acids is 2. The minimum Gasteiger partial charge on any atom is -0.481 e. The molecule has 0 spiro atoms. The number of nitrogens with two attached hydrogens (primary N) is 2. The van der Waals surface area contributed by atoms with Crippen molar-refractivity contribution in [3.63, 3.8) is 0 Å². The molecule has 0 saturated heterocycles. The number of nitrogens with one attached hydrogen (secondary N) is 3. The molecule has 13 nitrogen and oxygen atoms in total. The smallest absolute Gasteiger partial charge is 0.328 e. The van der Waals surface area contributed by atoms with Crippen molar-refractivity contribution in [3.05, 3.63) is 0 Å². The molecule has 190 valence electrons. The van der Waals surface area contributed by atoms with Crippen molar-refractivity contribution < 1.29 is 39.3 Å². The Morgan fingerprint density at radius 3 is 1.85 bits per heavy atom. The molecule has 5 atom stereocenters. The molecular weight excluding hydrogens is 438 g/mol. The van der Waals surface area contributed by atoms with Gasteiger partial charge < -0.3 is 42.7 Å². The molecule has 5 unspecified atom stereocenters. The molecule has 0 rings (SSSR count). The molecule has 0 aliphatic rings. The molecule has 10 N–H and O–H groups in total. The van der Waals surface area contributed by atoms with E-state index in [0.717, 1.165) is 0 Å². The average molecular weight is 476 g/mol. The van der Waals surface area contributed by atoms with Crippen LogP contribution in [0.4, 0.5) is 0 Å². The fourth-order valence-corrected chi connectivity index (χ4v) is 2.87. The average Bonchev–Trinajstić information content (AvgIpc) is 2.71. The minimum atomic E-state index is -1.57. The molecular formula is C20H37N5O8. The van der Waals surface area contributed by atoms with Gasteiger partial charge in [-0.1, -0.05) is 13.8 Å². The summed E-state index contributed by atoms with van der Waals surface area (Å²) in [6.07, 6.45) is -0.640. The van der Waals surface area contributed by atoms with Crippen LogP contribution in [0.5, 0.6) is 0 Å². The van der Waals surface area contributed by atoms with Gasteiger partial charge in [-0.2, -0.15) is 0 Å². The molecule has 0 aromatic carbocycles. The number of unbranched alkanes of at least 4 members (excludes halogenated alkanes) is 1. The molecule has 3 amide bonds. The first-order valence-corrected chi connectivity index (χ1v) is 10.8. The lowest BCUT2D eigenvalue weighted by Crippen LogP contribution is -2.59. The van der Waals surface area contributed by atoms with Crippen molar-refractivity contribution in [3.8, 4) is 0 Å². The highest BCUT2D eigenvalue weighted by molar-refractivity contribution is 5.94. The summed E-state index contributed by atoms with van der Waals surface area (Å²) < 4.78 is 0. The van der Waals surface area contributed by atoms with Crippen molar-refractivity contribution in [2.75, 3.05) is 6.54 Å². The first-order valence-electron chi connectivity index (χ1n) is 10.8. The summed E-state index contributed by atoms with van der Waals surface area (Å²) in [5.41, 5.74) is 11.2. The fourth-order valence-electron chi connectivity index (χ4n) is 2.87. The third kappa shape index (κ3) is 11.6. The van der Waals surface area contributed by atoms with Crippen molar-refractivity contribution in [1.82, 2.24) is 16.0 Å². The zero-order chi connectivity index (χ0) is 25.7. The molecule has 0 bridgehead atoms. The highest BCUT2D eigenvalue weighted by Gasteiger charge is 2.32. The molecule has 0 fully saturated rings. The summed E-state index contributed by atoms with van der Waals surface area (Å²) in [5, 5.41) is 34.7. The number of carboxylic acid groups (broad SMARTS) is 2. The van der Waals surface area contributed by atoms with Crippen molar-refractivity contribution >= 4 is 29.7 Å². The van der Waals surface area contributed by atoms with Crippen LogP contribution < -0.4 is 27.4 Å². The van der Waals surface area contributed by atoms with Gasteiger partial charge in [-0.15, -0.1) is 0 Å². The highest BCUT2D eigenvalue weighted by atomic mass is 16.4. The Morgan fingerprint density at radius 2 is 1.39 bits per heavy atom. The number of hydrogen-bond donors (Lipinski definition) is 8. The monoisotopic (exact) mass is 475 g/mol. The lowest BCUT2D eigenvalue weighted by molar-refractivity contribution is -0.145. The predicted molar refractivity (Wildman–Crippen MR) is 118 cm³/mol. The van der Waals surface area contributed by atoms with Gasteiger partial charge in [0.25, 0.3) is 0 Å². The van der Waals surface area contributed by atoms with E-state index in [1.807, 2.05) is 0 Å². The molecule has 33 heavy (non-hydrogen) atoms. The van der Waals surface area contributed by atoms with E-state index in [1.165, 1.54) is 6.92 Å². The third-order valence-electron chi connectivity index (χ3n) is 4.88. The molecule has 0 aliphatic carbocycles. The lowest BCUT2D eigenvalue weighted by atomic mass is 10.0. The van der Waals surface area contributed by atoms with Gasteiger partial charge in [0.15, 0.2) is 6.04 Å². The van der Waals surface area contributed by atoms with Crippen LogP contribution in [-0.4, -0.2) is 81.8 Å². The van der Waals surface area contributed by atoms with E-state index >= 15 is 0 Å². The van der Waals surface area contributed by atoms with Crippen LogP contribution in [0.1, 0.15) is 52.9 Å². The van der Waals surface area contributed by atoms with Gasteiger partial charge in [0, 0.05) is 6.42 Å². The summed E-state index contributed by atoms with van der Waals surface area (Å²) in [4.78, 5) is 59.8. The van der Waals surface area contributed by atoms with Gasteiger partial charge in [-0.25, -0.2) is 4.79 Å². The number of aliphatic carboxylic acids is 2. The number of hydrogen-bond acceptors (Lipinski definition) is 8. The maximum absolute atomic E-state index is 12.9. The van der Waals surface area contributed by atoms with Gasteiger partial charge in [-0.3, -0.25) is 19.2 Å². The van der Waals surface area contributed by atoms with Gasteiger partial charge in [0.05, 0.1) is 12.1 Å². The summed E-state index contributed by atoms with van der Waals surface area (Å²) in [6, 6.07) is -4.92. The number of rotatable bonds is 16. The van der Waals surface area contributed by atoms with Gasteiger partial charge >= 0.3 is 11.9 Å². The van der Waals surface area contributed by atoms with E-state index in [2.05, 4.69) is 16.0 Å². The SMILES string of the molecule is CC(C)C(NC(=O)C(N)CCC(=O)O)C(=O)NC(CCCCN)C(=O)NC(C(=O)O)C(C)O. The van der Waals surface area contributed by atoms with E-state index < -0.39 is 65.8 Å². The van der Waals surface area contributed by atoms with Crippen molar-refractivity contribution in [2.45, 2.75) is 83.1 Å². The van der Waals surface area contributed by atoms with Crippen molar-refractivity contribution in [2.24, 2.45) is 17.4 Å². The third-order valence-corrected chi connectivity index (χ3v) is 4.88. The maximum Gasteiger partial charge on any atom is 0.328 e. The van der Waals surface area contributed by atoms with E-state index in [-0.39, 0.29) is 19.3 Å². The van der Waals surface area contributed by atoms with E-state index in [1.54, 1.807) is 13.8 Å². The number of aliphatic hydroxyl groups excluding tert-OH is 1. The number of amides is 3. The van der Waals surface area contributed by atoms with Gasteiger partial charge in [0.1, 0.15) is 12.1 Å². The Kier molecular flexibility index (Phi) is 13.9. The summed E-state index contributed by atoms with van der Waals surface area (Å²) in [7, 11) is 0. The second kappa shape index (κ2) is 15.1. The number of aliphatic hydroxyl groups is 1. The van der Waals surface area contributed by atoms with Crippen LogP contribution >= 0.6 is 0 Å². The predicted octanol–water partition coefficient (Wildman–Crippen LogP) is -2.12. The Balaban J connectivity index is 5.39. The molecule has 0 aromatic heterocycles. The molecule has 0 saturated carbocycles. The zero-order valence-electron chi connectivity index (χ0n) is 19.2. The molecule has 0 radical (unpaired) electrons. The largest absolute Gasteiger partial charge is 0.481 e. The Hall–Kier alpha value is -2.77. The Labute approximate surface area is 192 Å². The molecule has 0 aromatic rings. The minimum absolute atomic E-state index is 0.117. The first-order chi connectivity index (χ1) is 15.3. The number of carbonyl (C=O) groups is 5. The fraction of sp³-hybridized carbons (Fsp3) is 0.750. The normalized spacial score (nSPS) is 15.6. The van der Waals surface area contributed by atoms with Crippen LogP contribution in [0.2, 0.25) is 0 Å². The first kappa shape index (κ1) is 30.2. The van der Waals surface area contributed by atoms with Gasteiger partial charge in [-0.05, 0) is 45.1 Å². The van der Waals surface area contributed by atoms with E-state index in [9.17, 15) is 34.2 Å². The molecule has 0 heterocycles. The summed E-state index contributed by atoms with van der Waals surface area (Å²) in [5.74, 6) is -5.17. The zero-order valence-corrected chi connectivity index (χ0v) is 19.2. The molecule has 0 aliphatic heterocycles. The van der Waals surface area contributed by atoms with Crippen LogP contribution in [0.15, 0.2) is 0 Å². The summed E-state index contributed by atoms with van der Waals surface area (Å²) in [6.45, 7) is 4.88. The molecule has 13 heteroatoms. The second-order valence-electron chi connectivity index (χ2n) is 8.18. The van der Waals surface area contributed by atoms with Crippen LogP contribution in [-0.2, 0) is 24.0 Å². The van der Waals surface area contributed by atoms with Crippen LogP contribution in [0, 0.1) is 5.92 Å². The van der Waals surface area contributed by atoms with E-state index in [0.29, 0.717) is 19.4 Å². The second-order valence-corrected chi connectivity index (χ2v) is 8.18. The van der Waals surface area contributed by atoms with Gasteiger partial charge in [0.2, 0.25) is 17.7 Å². The Bertz CT molecular complexity index is 685. The number of carbonyl (C=O) groups excluding carboxylic acids is 3. The lowest BCUT2D eigenvalue weighted by Gasteiger charge is -2.27. The maximum atomic E-state index is 12.9. The summed E-state index contributed by atoms with van der Waals surface area (Å²) >= 11 is 0. The topological polar surface area (TPSA) is 234 Å². The highest BCUT2D eigenvalue weighted by Crippen LogP contribution is 2.08. The Morgan fingerprint density at radius 1 is 0.818 bits per heavy atom. The van der Waals surface area contributed by atoms with E-state index in [4.69, 9.17) is 16.6 Å². The van der Waals surface area contributed by atoms with Crippen LogP contribution in [0.25, 0.3) is 0 Å². The standard InChI is InChI=1S/C20H37N5O8/c1-10(2)15(24-17(29)12(22)7-8-14(27)28)19(31)23-13(6-4-5-9-21)18(30)25-16(11(3)26)20(32)33/h10-13,15-16,26H,4-9,21-22H2,1-3H3,(H,23,31)(H,24,29)(H,25,30)(H,27,28)(H,32,33). The van der Waals surface area contributed by atoms with Crippen molar-refractivity contribution in [1.29, 1.82) is 0 Å². The van der Waals surface area contributed by atoms with Crippen LogP contribution in [0.3, 0.4) is 0 Å².